The molecule has 1 saturated carbocycles. The molecule has 1 aliphatic carbocycles. The van der Waals surface area contributed by atoms with Crippen LogP contribution in [0.2, 0.25) is 0 Å². The van der Waals surface area contributed by atoms with Gasteiger partial charge in [-0.2, -0.15) is 13.2 Å². The number of rotatable bonds is 7. The molecule has 1 fully saturated rings. The van der Waals surface area contributed by atoms with Gasteiger partial charge in [0.25, 0.3) is 0 Å². The lowest BCUT2D eigenvalue weighted by atomic mass is 10.0. The number of fused-ring (bicyclic) bond motifs is 1. The van der Waals surface area contributed by atoms with Gasteiger partial charge in [0.2, 0.25) is 0 Å². The van der Waals surface area contributed by atoms with Gasteiger partial charge in [-0.1, -0.05) is 24.3 Å². The third-order valence-corrected chi connectivity index (χ3v) is 8.53. The predicted molar refractivity (Wildman–Crippen MR) is 159 cm³/mol. The van der Waals surface area contributed by atoms with Crippen molar-refractivity contribution in [1.29, 1.82) is 0 Å². The van der Waals surface area contributed by atoms with Crippen molar-refractivity contribution in [2.45, 2.75) is 44.9 Å². The summed E-state index contributed by atoms with van der Waals surface area (Å²) in [6.45, 7) is 1.88. The van der Waals surface area contributed by atoms with E-state index in [2.05, 4.69) is 4.98 Å². The van der Waals surface area contributed by atoms with Crippen LogP contribution in [0.4, 0.5) is 13.2 Å². The van der Waals surface area contributed by atoms with Crippen molar-refractivity contribution in [3.63, 3.8) is 0 Å². The zero-order valence-electron chi connectivity index (χ0n) is 22.7. The van der Waals surface area contributed by atoms with Crippen molar-refractivity contribution in [3.8, 4) is 22.6 Å². The van der Waals surface area contributed by atoms with Crippen LogP contribution in [0.3, 0.4) is 0 Å². The second kappa shape index (κ2) is 11.1. The number of hydrogen-bond acceptors (Lipinski definition) is 4. The SMILES string of the molecule is Cc1ncsc1/C=C/c1c(C(=O)O)n(-c2ccc(OC3CCCC3)cc2)c2ccc(-c3ccc(C(F)(F)F)cc3)cc12. The minimum Gasteiger partial charge on any atom is -0.490 e. The number of carbonyl (C=O) groups is 1. The van der Waals surface area contributed by atoms with Crippen molar-refractivity contribution < 1.29 is 27.8 Å². The number of aryl methyl sites for hydroxylation is 1. The number of nitrogens with zero attached hydrogens (tertiary/aromatic N) is 2. The zero-order valence-corrected chi connectivity index (χ0v) is 23.5. The lowest BCUT2D eigenvalue weighted by Crippen LogP contribution is -2.11. The predicted octanol–water partition coefficient (Wildman–Crippen LogP) is 9.27. The second-order valence-corrected chi connectivity index (χ2v) is 11.2. The van der Waals surface area contributed by atoms with Crippen molar-refractivity contribution in [3.05, 3.63) is 99.6 Å². The molecule has 5 aromatic rings. The summed E-state index contributed by atoms with van der Waals surface area (Å²) in [6.07, 6.45) is 3.78. The number of aromatic nitrogens is 2. The Hall–Kier alpha value is -4.37. The Morgan fingerprint density at radius 3 is 2.31 bits per heavy atom. The minimum absolute atomic E-state index is 0.0810. The number of halogens is 3. The van der Waals surface area contributed by atoms with Crippen molar-refractivity contribution in [1.82, 2.24) is 9.55 Å². The molecule has 9 heteroatoms. The Kier molecular flexibility index (Phi) is 7.36. The van der Waals surface area contributed by atoms with Crippen molar-refractivity contribution in [2.24, 2.45) is 0 Å². The number of thiazole rings is 1. The van der Waals surface area contributed by atoms with Gasteiger partial charge in [-0.05, 0) is 98.3 Å². The Morgan fingerprint density at radius 2 is 1.69 bits per heavy atom. The highest BCUT2D eigenvalue weighted by atomic mass is 32.1. The quantitative estimate of drug-likeness (QED) is 0.206. The highest BCUT2D eigenvalue weighted by Crippen LogP contribution is 2.37. The number of carboxylic acids is 1. The maximum Gasteiger partial charge on any atom is 0.416 e. The Balaban J connectivity index is 1.49. The largest absolute Gasteiger partial charge is 0.490 e. The summed E-state index contributed by atoms with van der Waals surface area (Å²) in [5, 5.41) is 11.1. The average Bonchev–Trinajstić information content (AvgIpc) is 3.71. The van der Waals surface area contributed by atoms with Crippen LogP contribution >= 0.6 is 11.3 Å². The van der Waals surface area contributed by atoms with Crippen LogP contribution in [0.15, 0.2) is 72.2 Å². The molecular weight excluding hydrogens is 561 g/mol. The summed E-state index contributed by atoms with van der Waals surface area (Å²) in [6, 6.07) is 17.8. The third-order valence-electron chi connectivity index (χ3n) is 7.64. The number of carboxylic acid groups (broad SMARTS) is 1. The van der Waals surface area contributed by atoms with Crippen LogP contribution in [-0.2, 0) is 6.18 Å². The van der Waals surface area contributed by atoms with E-state index in [4.69, 9.17) is 4.74 Å². The molecule has 0 radical (unpaired) electrons. The molecule has 2 heterocycles. The van der Waals surface area contributed by atoms with E-state index in [1.165, 1.54) is 23.5 Å². The maximum absolute atomic E-state index is 13.1. The Morgan fingerprint density at radius 1 is 1.00 bits per heavy atom. The fourth-order valence-electron chi connectivity index (χ4n) is 5.50. The van der Waals surface area contributed by atoms with Crippen LogP contribution in [-0.4, -0.2) is 26.7 Å². The van der Waals surface area contributed by atoms with E-state index in [1.54, 1.807) is 22.2 Å². The highest BCUT2D eigenvalue weighted by Gasteiger charge is 2.30. The molecule has 3 aromatic carbocycles. The molecule has 0 amide bonds. The summed E-state index contributed by atoms with van der Waals surface area (Å²) in [7, 11) is 0. The fraction of sp³-hybridized carbons (Fsp3) is 0.212. The van der Waals surface area contributed by atoms with Crippen molar-refractivity contribution in [2.75, 3.05) is 0 Å². The monoisotopic (exact) mass is 588 g/mol. The smallest absolute Gasteiger partial charge is 0.416 e. The van der Waals surface area contributed by atoms with E-state index in [0.717, 1.165) is 54.1 Å². The molecule has 0 atom stereocenters. The molecule has 1 N–H and O–H groups in total. The molecule has 5 nitrogen and oxygen atoms in total. The molecule has 0 bridgehead atoms. The molecule has 0 saturated heterocycles. The number of benzene rings is 3. The van der Waals surface area contributed by atoms with Crippen molar-refractivity contribution >= 4 is 40.4 Å². The minimum atomic E-state index is -4.43. The number of ether oxygens (including phenoxy) is 1. The van der Waals surface area contributed by atoms with Gasteiger partial charge in [0.05, 0.1) is 28.4 Å². The third kappa shape index (κ3) is 5.44. The summed E-state index contributed by atoms with van der Waals surface area (Å²) < 4.78 is 47.2. The second-order valence-electron chi connectivity index (χ2n) is 10.4. The molecule has 0 spiro atoms. The maximum atomic E-state index is 13.1. The number of alkyl halides is 3. The first-order valence-electron chi connectivity index (χ1n) is 13.6. The van der Waals surface area contributed by atoms with Gasteiger partial charge in [-0.3, -0.25) is 0 Å². The molecule has 214 valence electrons. The standard InChI is InChI=1S/C33H27F3N2O3S/c1-20-30(42-19-37-20)17-15-27-28-18-22(21-6-9-23(10-7-21)33(34,35)36)8-16-29(28)38(31(27)32(39)40)24-11-13-26(14-12-24)41-25-4-2-3-5-25/h6-19,25H,2-5H2,1H3,(H,39,40)/b17-15+. The Labute approximate surface area is 244 Å². The van der Waals surface area contributed by atoms with E-state index in [9.17, 15) is 23.1 Å². The van der Waals surface area contributed by atoms with E-state index in [0.29, 0.717) is 33.3 Å². The molecule has 42 heavy (non-hydrogen) atoms. The number of hydrogen-bond donors (Lipinski definition) is 1. The van der Waals surface area contributed by atoms with E-state index in [1.807, 2.05) is 49.4 Å². The van der Waals surface area contributed by atoms with Gasteiger partial charge in [0.1, 0.15) is 11.4 Å². The summed E-state index contributed by atoms with van der Waals surface area (Å²) >= 11 is 1.45. The van der Waals surface area contributed by atoms with Gasteiger partial charge >= 0.3 is 12.1 Å². The van der Waals surface area contributed by atoms with Gasteiger partial charge in [0.15, 0.2) is 0 Å². The lowest BCUT2D eigenvalue weighted by Gasteiger charge is -2.14. The first-order valence-corrected chi connectivity index (χ1v) is 14.5. The van der Waals surface area contributed by atoms with Crippen LogP contribution in [0.5, 0.6) is 5.75 Å². The molecule has 1 aliphatic rings. The molecule has 6 rings (SSSR count). The van der Waals surface area contributed by atoms with Crippen LogP contribution in [0.25, 0.3) is 39.9 Å². The normalized spacial score (nSPS) is 14.3. The van der Waals surface area contributed by atoms with E-state index in [-0.39, 0.29) is 11.8 Å². The zero-order chi connectivity index (χ0) is 29.4. The van der Waals surface area contributed by atoms with E-state index < -0.39 is 17.7 Å². The summed E-state index contributed by atoms with van der Waals surface area (Å²) in [5.74, 6) is -0.362. The molecule has 2 aromatic heterocycles. The number of aromatic carboxylic acids is 1. The Bertz CT molecular complexity index is 1780. The van der Waals surface area contributed by atoms with Gasteiger partial charge in [-0.15, -0.1) is 11.3 Å². The molecule has 0 unspecified atom stereocenters. The van der Waals surface area contributed by atoms with Crippen LogP contribution in [0, 0.1) is 6.92 Å². The highest BCUT2D eigenvalue weighted by molar-refractivity contribution is 7.10. The summed E-state index contributed by atoms with van der Waals surface area (Å²) in [5.41, 5.74) is 5.00. The topological polar surface area (TPSA) is 64.3 Å². The fourth-order valence-corrected chi connectivity index (χ4v) is 6.19. The van der Waals surface area contributed by atoms with Gasteiger partial charge in [0, 0.05) is 21.5 Å². The molecule has 0 aliphatic heterocycles. The van der Waals surface area contributed by atoms with Crippen LogP contribution < -0.4 is 4.74 Å². The van der Waals surface area contributed by atoms with E-state index >= 15 is 0 Å². The summed E-state index contributed by atoms with van der Waals surface area (Å²) in [4.78, 5) is 18.0. The van der Waals surface area contributed by atoms with Gasteiger partial charge in [-0.25, -0.2) is 9.78 Å². The molecular formula is C33H27F3N2O3S. The lowest BCUT2D eigenvalue weighted by molar-refractivity contribution is -0.137. The van der Waals surface area contributed by atoms with Crippen LogP contribution in [0.1, 0.15) is 57.9 Å². The van der Waals surface area contributed by atoms with Gasteiger partial charge < -0.3 is 14.4 Å². The average molecular weight is 589 g/mol. The first kappa shape index (κ1) is 27.8. The first-order chi connectivity index (χ1) is 20.2.